The number of fused-ring (bicyclic) bond motifs is 10. The van der Waals surface area contributed by atoms with E-state index >= 15 is 0 Å². The Labute approximate surface area is 320 Å². The summed E-state index contributed by atoms with van der Waals surface area (Å²) in [5.74, 6) is 1.37. The Morgan fingerprint density at radius 2 is 1.11 bits per heavy atom. The number of hydrogen-bond donors (Lipinski definition) is 1. The van der Waals surface area contributed by atoms with Gasteiger partial charge in [0.1, 0.15) is 34.3 Å². The number of nitrogens with one attached hydrogen (secondary N) is 1. The molecule has 0 aliphatic carbocycles. The summed E-state index contributed by atoms with van der Waals surface area (Å²) in [5.41, 5.74) is 8.14. The van der Waals surface area contributed by atoms with Gasteiger partial charge in [-0.3, -0.25) is 0 Å². The number of hydrogen-bond acceptors (Lipinski definition) is 5. The maximum atomic E-state index is 6.82. The van der Waals surface area contributed by atoms with Gasteiger partial charge in [0.2, 0.25) is 0 Å². The molecule has 1 unspecified atom stereocenters. The van der Waals surface area contributed by atoms with Crippen molar-refractivity contribution in [3.63, 3.8) is 0 Å². The largest absolute Gasteiger partial charge is 0.456 e. The van der Waals surface area contributed by atoms with Gasteiger partial charge < -0.3 is 14.2 Å². The lowest BCUT2D eigenvalue weighted by Crippen LogP contribution is -2.33. The number of rotatable bonds is 4. The van der Waals surface area contributed by atoms with E-state index in [0.717, 1.165) is 88.3 Å². The fourth-order valence-corrected chi connectivity index (χ4v) is 8.65. The Morgan fingerprint density at radius 1 is 0.446 bits per heavy atom. The Kier molecular flexibility index (Phi) is 6.63. The number of para-hydroxylation sites is 2. The number of nitrogens with zero attached hydrogens (tertiary/aromatic N) is 2. The van der Waals surface area contributed by atoms with Crippen molar-refractivity contribution in [1.82, 2.24) is 5.32 Å². The molecule has 0 saturated carbocycles. The Balaban J connectivity index is 1.16. The van der Waals surface area contributed by atoms with E-state index in [1.807, 2.05) is 12.1 Å². The molecule has 0 amide bonds. The van der Waals surface area contributed by atoms with Gasteiger partial charge >= 0.3 is 0 Å². The van der Waals surface area contributed by atoms with Crippen LogP contribution in [0.2, 0.25) is 0 Å². The van der Waals surface area contributed by atoms with E-state index < -0.39 is 6.17 Å². The van der Waals surface area contributed by atoms with Crippen LogP contribution in [0.15, 0.2) is 195 Å². The SMILES string of the molecule is c1ccc2cc(C3=NC(c4c(-c5cccc6c5oc5ccc7ccccc7c56)ccc5oc6ccccc6c45)=NC(c4ccc5ccccc5c4)N3)ccc2c1. The van der Waals surface area contributed by atoms with Crippen LogP contribution in [0.4, 0.5) is 0 Å². The Bertz CT molecular complexity index is 3480. The number of aliphatic imine (C=N–C) groups is 2. The Morgan fingerprint density at radius 3 is 1.96 bits per heavy atom. The van der Waals surface area contributed by atoms with Gasteiger partial charge in [-0.05, 0) is 79.8 Å². The zero-order valence-electron chi connectivity index (χ0n) is 30.0. The molecule has 12 rings (SSSR count). The molecule has 1 aliphatic rings. The van der Waals surface area contributed by atoms with E-state index in [1.54, 1.807) is 0 Å². The van der Waals surface area contributed by atoms with E-state index in [0.29, 0.717) is 5.84 Å². The molecule has 1 N–H and O–H groups in total. The van der Waals surface area contributed by atoms with Gasteiger partial charge in [-0.15, -0.1) is 0 Å². The molecule has 9 aromatic carbocycles. The summed E-state index contributed by atoms with van der Waals surface area (Å²) >= 11 is 0. The predicted molar refractivity (Wildman–Crippen MR) is 231 cm³/mol. The summed E-state index contributed by atoms with van der Waals surface area (Å²) in [5, 5.41) is 14.9. The lowest BCUT2D eigenvalue weighted by Gasteiger charge is -2.25. The molecule has 3 heterocycles. The molecule has 0 spiro atoms. The van der Waals surface area contributed by atoms with Crippen molar-refractivity contribution in [2.75, 3.05) is 0 Å². The first-order chi connectivity index (χ1) is 27.7. The lowest BCUT2D eigenvalue weighted by atomic mass is 9.92. The summed E-state index contributed by atoms with van der Waals surface area (Å²) in [7, 11) is 0. The smallest absolute Gasteiger partial charge is 0.160 e. The molecule has 262 valence electrons. The topological polar surface area (TPSA) is 63.0 Å². The second kappa shape index (κ2) is 12.0. The first kappa shape index (κ1) is 30.9. The van der Waals surface area contributed by atoms with E-state index in [4.69, 9.17) is 18.8 Å². The fourth-order valence-electron chi connectivity index (χ4n) is 8.65. The van der Waals surface area contributed by atoms with Crippen molar-refractivity contribution < 1.29 is 8.83 Å². The van der Waals surface area contributed by atoms with Gasteiger partial charge in [0.25, 0.3) is 0 Å². The van der Waals surface area contributed by atoms with Gasteiger partial charge in [-0.25, -0.2) is 9.98 Å². The van der Waals surface area contributed by atoms with Crippen LogP contribution in [0.5, 0.6) is 0 Å². The minimum Gasteiger partial charge on any atom is -0.456 e. The van der Waals surface area contributed by atoms with E-state index in [9.17, 15) is 0 Å². The molecule has 5 nitrogen and oxygen atoms in total. The number of furan rings is 2. The quantitative estimate of drug-likeness (QED) is 0.197. The van der Waals surface area contributed by atoms with Crippen LogP contribution < -0.4 is 5.32 Å². The minimum absolute atomic E-state index is 0.414. The van der Waals surface area contributed by atoms with Crippen molar-refractivity contribution in [1.29, 1.82) is 0 Å². The molecular formula is C51H31N3O2. The lowest BCUT2D eigenvalue weighted by molar-refractivity contribution is 0.667. The van der Waals surface area contributed by atoms with Crippen LogP contribution in [-0.4, -0.2) is 11.7 Å². The second-order valence-corrected chi connectivity index (χ2v) is 14.5. The average molecular weight is 718 g/mol. The monoisotopic (exact) mass is 717 g/mol. The maximum absolute atomic E-state index is 6.82. The molecule has 11 aromatic rings. The van der Waals surface area contributed by atoms with Gasteiger partial charge in [0, 0.05) is 38.2 Å². The highest BCUT2D eigenvalue weighted by Crippen LogP contribution is 2.44. The molecule has 1 aliphatic heterocycles. The molecule has 56 heavy (non-hydrogen) atoms. The normalized spacial score (nSPS) is 14.6. The highest BCUT2D eigenvalue weighted by Gasteiger charge is 2.28. The minimum atomic E-state index is -0.414. The average Bonchev–Trinajstić information content (AvgIpc) is 3.85. The number of benzene rings is 9. The third kappa shape index (κ3) is 4.74. The molecular weight excluding hydrogens is 687 g/mol. The molecule has 1 atom stereocenters. The maximum Gasteiger partial charge on any atom is 0.160 e. The third-order valence-electron chi connectivity index (χ3n) is 11.3. The molecule has 0 fully saturated rings. The van der Waals surface area contributed by atoms with Crippen molar-refractivity contribution in [3.05, 3.63) is 193 Å². The number of amidine groups is 2. The van der Waals surface area contributed by atoms with Crippen LogP contribution in [0, 0.1) is 0 Å². The van der Waals surface area contributed by atoms with Gasteiger partial charge in [0.15, 0.2) is 5.84 Å². The summed E-state index contributed by atoms with van der Waals surface area (Å²) in [6.45, 7) is 0. The highest BCUT2D eigenvalue weighted by atomic mass is 16.3. The predicted octanol–water partition coefficient (Wildman–Crippen LogP) is 13.1. The van der Waals surface area contributed by atoms with Crippen LogP contribution in [0.25, 0.3) is 87.3 Å². The first-order valence-corrected chi connectivity index (χ1v) is 18.9. The summed E-state index contributed by atoms with van der Waals surface area (Å²) < 4.78 is 13.4. The summed E-state index contributed by atoms with van der Waals surface area (Å²) in [6.07, 6.45) is -0.414. The first-order valence-electron chi connectivity index (χ1n) is 18.9. The second-order valence-electron chi connectivity index (χ2n) is 14.5. The Hall–Kier alpha value is -7.50. The molecule has 5 heteroatoms. The zero-order valence-corrected chi connectivity index (χ0v) is 30.0. The van der Waals surface area contributed by atoms with Crippen LogP contribution in [0.1, 0.15) is 22.9 Å². The van der Waals surface area contributed by atoms with Crippen molar-refractivity contribution in [2.45, 2.75) is 6.17 Å². The van der Waals surface area contributed by atoms with Crippen LogP contribution >= 0.6 is 0 Å². The van der Waals surface area contributed by atoms with E-state index in [-0.39, 0.29) is 0 Å². The van der Waals surface area contributed by atoms with E-state index in [2.05, 4.69) is 169 Å². The van der Waals surface area contributed by atoms with Crippen molar-refractivity contribution >= 4 is 87.9 Å². The van der Waals surface area contributed by atoms with Crippen LogP contribution in [0.3, 0.4) is 0 Å². The highest BCUT2D eigenvalue weighted by molar-refractivity contribution is 6.27. The zero-order chi connectivity index (χ0) is 36.7. The van der Waals surface area contributed by atoms with E-state index in [1.165, 1.54) is 21.5 Å². The summed E-state index contributed by atoms with van der Waals surface area (Å²) in [6, 6.07) is 61.5. The summed E-state index contributed by atoms with van der Waals surface area (Å²) in [4.78, 5) is 10.9. The molecule has 0 radical (unpaired) electrons. The van der Waals surface area contributed by atoms with Gasteiger partial charge in [0.05, 0.1) is 0 Å². The third-order valence-corrected chi connectivity index (χ3v) is 11.3. The molecule has 0 bridgehead atoms. The molecule has 0 saturated heterocycles. The van der Waals surface area contributed by atoms with Gasteiger partial charge in [-0.2, -0.15) is 0 Å². The van der Waals surface area contributed by atoms with Gasteiger partial charge in [-0.1, -0.05) is 140 Å². The van der Waals surface area contributed by atoms with Crippen LogP contribution in [-0.2, 0) is 0 Å². The fraction of sp³-hybridized carbons (Fsp3) is 0.0196. The van der Waals surface area contributed by atoms with Crippen molar-refractivity contribution in [3.8, 4) is 11.1 Å². The molecule has 2 aromatic heterocycles. The van der Waals surface area contributed by atoms with Crippen molar-refractivity contribution in [2.24, 2.45) is 9.98 Å². The standard InChI is InChI=1S/C51H31N3O2/c1-3-13-33-28-35(22-20-30(33)10-1)49-52-50(36-23-21-31-11-2-4-14-34(31)29-36)54-51(53-49)47-38(25-27-44-46(47)40-16-7-8-19-42(40)55-44)39-17-9-18-41-45-37-15-6-5-12-32(37)24-26-43(45)56-48(39)41/h1-29,49H,(H,52,53,54).